The molecule has 6 heteroatoms. The van der Waals surface area contributed by atoms with Crippen molar-refractivity contribution >= 4 is 23.2 Å². The fourth-order valence-corrected chi connectivity index (χ4v) is 2.93. The van der Waals surface area contributed by atoms with Gasteiger partial charge >= 0.3 is 0 Å². The largest absolute Gasteiger partial charge is 0.491 e. The van der Waals surface area contributed by atoms with E-state index in [4.69, 9.17) is 4.74 Å². The van der Waals surface area contributed by atoms with Crippen LogP contribution in [0, 0.1) is 0 Å². The van der Waals surface area contributed by atoms with Gasteiger partial charge in [0, 0.05) is 13.0 Å². The Morgan fingerprint density at radius 1 is 1.12 bits per heavy atom. The molecule has 0 aliphatic heterocycles. The maximum Gasteiger partial charge on any atom is 0.261 e. The van der Waals surface area contributed by atoms with Crippen LogP contribution in [0.5, 0.6) is 5.75 Å². The maximum absolute atomic E-state index is 12.0. The normalized spacial score (nSPS) is 11.8. The molecule has 25 heavy (non-hydrogen) atoms. The summed E-state index contributed by atoms with van der Waals surface area (Å²) in [6.45, 7) is 6.21. The van der Waals surface area contributed by atoms with Crippen molar-refractivity contribution in [2.75, 3.05) is 6.54 Å². The van der Waals surface area contributed by atoms with E-state index in [2.05, 4.69) is 10.6 Å². The van der Waals surface area contributed by atoms with Crippen LogP contribution in [-0.2, 0) is 4.79 Å². The fraction of sp³-hybridized carbons (Fsp3) is 0.368. The van der Waals surface area contributed by atoms with Crippen molar-refractivity contribution in [3.8, 4) is 5.75 Å². The minimum atomic E-state index is -0.142. The van der Waals surface area contributed by atoms with Gasteiger partial charge in [0.2, 0.25) is 5.91 Å². The zero-order valence-corrected chi connectivity index (χ0v) is 15.6. The van der Waals surface area contributed by atoms with Gasteiger partial charge in [-0.25, -0.2) is 0 Å². The number of hydrogen-bond donors (Lipinski definition) is 2. The number of amides is 2. The minimum Gasteiger partial charge on any atom is -0.491 e. The van der Waals surface area contributed by atoms with E-state index in [0.29, 0.717) is 11.4 Å². The Balaban J connectivity index is 1.75. The van der Waals surface area contributed by atoms with Crippen molar-refractivity contribution in [1.82, 2.24) is 10.6 Å². The van der Waals surface area contributed by atoms with Crippen molar-refractivity contribution in [3.63, 3.8) is 0 Å². The molecule has 0 bridgehead atoms. The first kappa shape index (κ1) is 19.0. The first-order chi connectivity index (χ1) is 12.0. The highest BCUT2D eigenvalue weighted by Gasteiger charge is 2.11. The molecule has 2 rings (SSSR count). The van der Waals surface area contributed by atoms with Gasteiger partial charge in [-0.2, -0.15) is 0 Å². The number of ether oxygens (including phenoxy) is 1. The van der Waals surface area contributed by atoms with Crippen molar-refractivity contribution < 1.29 is 14.3 Å². The quantitative estimate of drug-likeness (QED) is 0.757. The van der Waals surface area contributed by atoms with Crippen molar-refractivity contribution in [3.05, 3.63) is 52.2 Å². The summed E-state index contributed by atoms with van der Waals surface area (Å²) in [5, 5.41) is 7.53. The van der Waals surface area contributed by atoms with Gasteiger partial charge in [0.05, 0.1) is 17.0 Å². The number of carbonyl (C=O) groups is 2. The summed E-state index contributed by atoms with van der Waals surface area (Å²) in [6.07, 6.45) is 0.378. The van der Waals surface area contributed by atoms with Gasteiger partial charge in [-0.1, -0.05) is 18.2 Å². The molecule has 0 spiro atoms. The van der Waals surface area contributed by atoms with E-state index in [1.165, 1.54) is 11.3 Å². The van der Waals surface area contributed by atoms with Crippen LogP contribution in [0.15, 0.2) is 41.8 Å². The number of thiophene rings is 1. The molecule has 1 heterocycles. The van der Waals surface area contributed by atoms with E-state index in [9.17, 15) is 9.59 Å². The third-order valence-corrected chi connectivity index (χ3v) is 4.38. The van der Waals surface area contributed by atoms with E-state index >= 15 is 0 Å². The molecule has 1 atom stereocenters. The van der Waals surface area contributed by atoms with Crippen LogP contribution in [0.25, 0.3) is 0 Å². The van der Waals surface area contributed by atoms with Crippen molar-refractivity contribution in [2.45, 2.75) is 39.3 Å². The number of hydrogen-bond acceptors (Lipinski definition) is 4. The summed E-state index contributed by atoms with van der Waals surface area (Å²) in [6, 6.07) is 11.2. The highest BCUT2D eigenvalue weighted by Crippen LogP contribution is 2.18. The molecule has 0 aliphatic rings. The Labute approximate surface area is 152 Å². The third kappa shape index (κ3) is 6.23. The summed E-state index contributed by atoms with van der Waals surface area (Å²) in [5.74, 6) is 0.576. The molecule has 1 aromatic carbocycles. The Bertz CT molecular complexity index is 681. The average Bonchev–Trinajstić information content (AvgIpc) is 3.09. The van der Waals surface area contributed by atoms with E-state index in [1.807, 2.05) is 56.5 Å². The van der Waals surface area contributed by atoms with E-state index in [-0.39, 0.29) is 30.4 Å². The van der Waals surface area contributed by atoms with Crippen LogP contribution in [0.3, 0.4) is 0 Å². The van der Waals surface area contributed by atoms with Crippen LogP contribution >= 0.6 is 11.3 Å². The van der Waals surface area contributed by atoms with E-state index in [1.54, 1.807) is 6.07 Å². The van der Waals surface area contributed by atoms with Gasteiger partial charge in [-0.05, 0) is 49.9 Å². The molecule has 2 aromatic rings. The Morgan fingerprint density at radius 2 is 1.84 bits per heavy atom. The van der Waals surface area contributed by atoms with Gasteiger partial charge in [0.15, 0.2) is 0 Å². The van der Waals surface area contributed by atoms with Crippen LogP contribution in [0.2, 0.25) is 0 Å². The standard InChI is InChI=1S/C19H24N2O3S/c1-13(2)24-16-8-6-15(7-9-16)14(3)21-18(22)10-11-20-19(23)17-5-4-12-25-17/h4-9,12-14H,10-11H2,1-3H3,(H,20,23)(H,21,22). The highest BCUT2D eigenvalue weighted by atomic mass is 32.1. The van der Waals surface area contributed by atoms with Crippen LogP contribution in [0.1, 0.15) is 48.5 Å². The average molecular weight is 360 g/mol. The van der Waals surface area contributed by atoms with Crippen molar-refractivity contribution in [1.29, 1.82) is 0 Å². The second-order valence-electron chi connectivity index (χ2n) is 6.01. The van der Waals surface area contributed by atoms with Gasteiger partial charge in [-0.15, -0.1) is 11.3 Å². The SMILES string of the molecule is CC(C)Oc1ccc(C(C)NC(=O)CCNC(=O)c2cccs2)cc1. The zero-order chi connectivity index (χ0) is 18.2. The summed E-state index contributed by atoms with van der Waals surface area (Å²) in [4.78, 5) is 24.5. The van der Waals surface area contributed by atoms with Gasteiger partial charge < -0.3 is 15.4 Å². The Kier molecular flexibility index (Phi) is 7.01. The minimum absolute atomic E-state index is 0.0958. The second kappa shape index (κ2) is 9.22. The Hall–Kier alpha value is -2.34. The first-order valence-corrected chi connectivity index (χ1v) is 9.21. The number of benzene rings is 1. The maximum atomic E-state index is 12.0. The number of nitrogens with one attached hydrogen (secondary N) is 2. The third-order valence-electron chi connectivity index (χ3n) is 3.51. The second-order valence-corrected chi connectivity index (χ2v) is 6.96. The molecule has 0 fully saturated rings. The van der Waals surface area contributed by atoms with Crippen LogP contribution in [0.4, 0.5) is 0 Å². The number of carbonyl (C=O) groups excluding carboxylic acids is 2. The molecule has 134 valence electrons. The molecule has 1 aromatic heterocycles. The first-order valence-electron chi connectivity index (χ1n) is 8.33. The molecule has 5 nitrogen and oxygen atoms in total. The molecule has 0 radical (unpaired) electrons. The van der Waals surface area contributed by atoms with Crippen molar-refractivity contribution in [2.24, 2.45) is 0 Å². The lowest BCUT2D eigenvalue weighted by Crippen LogP contribution is -2.31. The zero-order valence-electron chi connectivity index (χ0n) is 14.7. The smallest absolute Gasteiger partial charge is 0.261 e. The van der Waals surface area contributed by atoms with Crippen LogP contribution < -0.4 is 15.4 Å². The summed E-state index contributed by atoms with van der Waals surface area (Å²) in [7, 11) is 0. The van der Waals surface area contributed by atoms with Gasteiger partial charge in [0.1, 0.15) is 5.75 Å². The lowest BCUT2D eigenvalue weighted by Gasteiger charge is -2.16. The summed E-state index contributed by atoms with van der Waals surface area (Å²) in [5.41, 5.74) is 1.01. The number of rotatable bonds is 8. The highest BCUT2D eigenvalue weighted by molar-refractivity contribution is 7.12. The monoisotopic (exact) mass is 360 g/mol. The predicted octanol–water partition coefficient (Wildman–Crippen LogP) is 3.53. The molecule has 1 unspecified atom stereocenters. The predicted molar refractivity (Wildman–Crippen MR) is 100 cm³/mol. The molecule has 2 N–H and O–H groups in total. The molecule has 0 aliphatic carbocycles. The van der Waals surface area contributed by atoms with E-state index < -0.39 is 0 Å². The lowest BCUT2D eigenvalue weighted by atomic mass is 10.1. The molecule has 0 saturated heterocycles. The molecule has 0 saturated carbocycles. The van der Waals surface area contributed by atoms with Gasteiger partial charge in [-0.3, -0.25) is 9.59 Å². The van der Waals surface area contributed by atoms with Gasteiger partial charge in [0.25, 0.3) is 5.91 Å². The van der Waals surface area contributed by atoms with Crippen LogP contribution in [-0.4, -0.2) is 24.5 Å². The summed E-state index contributed by atoms with van der Waals surface area (Å²) >= 11 is 1.38. The lowest BCUT2D eigenvalue weighted by molar-refractivity contribution is -0.121. The Morgan fingerprint density at radius 3 is 2.44 bits per heavy atom. The molecular weight excluding hydrogens is 336 g/mol. The molecular formula is C19H24N2O3S. The summed E-state index contributed by atoms with van der Waals surface area (Å²) < 4.78 is 5.61. The fourth-order valence-electron chi connectivity index (χ4n) is 2.29. The van der Waals surface area contributed by atoms with E-state index in [0.717, 1.165) is 11.3 Å². The molecule has 2 amide bonds. The topological polar surface area (TPSA) is 67.4 Å².